The zero-order chi connectivity index (χ0) is 15.7. The molecule has 1 heterocycles. The minimum Gasteiger partial charge on any atom is -0.350 e. The highest BCUT2D eigenvalue weighted by atomic mass is 16.7. The van der Waals surface area contributed by atoms with Crippen LogP contribution >= 0.6 is 0 Å². The molecule has 1 saturated heterocycles. The summed E-state index contributed by atoms with van der Waals surface area (Å²) in [5.41, 5.74) is 0.535. The lowest BCUT2D eigenvalue weighted by Gasteiger charge is -2.61. The molecule has 4 nitrogen and oxygen atoms in total. The fraction of sp³-hybridized carbons (Fsp3) is 0.944. The highest BCUT2D eigenvalue weighted by Crippen LogP contribution is 2.62. The third-order valence-corrected chi connectivity index (χ3v) is 6.38. The molecule has 4 fully saturated rings. The smallest absolute Gasteiger partial charge is 0.157 e. The second-order valence-corrected chi connectivity index (χ2v) is 8.13. The van der Waals surface area contributed by atoms with E-state index in [0.29, 0.717) is 11.3 Å². The number of rotatable bonds is 6. The van der Waals surface area contributed by atoms with Gasteiger partial charge in [-0.3, -0.25) is 0 Å². The Kier molecular flexibility index (Phi) is 4.79. The standard InChI is InChI=1S/C18H32N2O2/c1-18(2)14-6-7-15(16(18)11-14)13(12-19-20(3)4)5-8-17-21-9-10-22-17/h12-17H,5-11H2,1-4H3/b19-12-. The van der Waals surface area contributed by atoms with Gasteiger partial charge in [-0.25, -0.2) is 0 Å². The van der Waals surface area contributed by atoms with Gasteiger partial charge in [0.15, 0.2) is 6.29 Å². The monoisotopic (exact) mass is 308 g/mol. The van der Waals surface area contributed by atoms with Crippen molar-refractivity contribution >= 4 is 6.21 Å². The SMILES string of the molecule is CN(C)/N=C\C(CCC1OCCO1)C1CCC2CC1C2(C)C. The molecule has 4 rings (SSSR count). The maximum Gasteiger partial charge on any atom is 0.157 e. The summed E-state index contributed by atoms with van der Waals surface area (Å²) >= 11 is 0. The molecule has 3 aliphatic carbocycles. The van der Waals surface area contributed by atoms with Crippen molar-refractivity contribution in [2.45, 2.75) is 52.2 Å². The van der Waals surface area contributed by atoms with Crippen molar-refractivity contribution in [2.24, 2.45) is 34.2 Å². The van der Waals surface area contributed by atoms with Crippen molar-refractivity contribution in [1.29, 1.82) is 0 Å². The van der Waals surface area contributed by atoms with Gasteiger partial charge in [-0.1, -0.05) is 13.8 Å². The van der Waals surface area contributed by atoms with Gasteiger partial charge >= 0.3 is 0 Å². The first kappa shape index (κ1) is 16.3. The first-order valence-electron chi connectivity index (χ1n) is 8.93. The van der Waals surface area contributed by atoms with Gasteiger partial charge in [-0.05, 0) is 61.2 Å². The molecule has 4 aliphatic rings. The summed E-state index contributed by atoms with van der Waals surface area (Å²) in [6.45, 7) is 6.45. The molecule has 0 aromatic carbocycles. The molecular weight excluding hydrogens is 276 g/mol. The second-order valence-electron chi connectivity index (χ2n) is 8.13. The van der Waals surface area contributed by atoms with E-state index >= 15 is 0 Å². The molecule has 4 heteroatoms. The lowest BCUT2D eigenvalue weighted by Crippen LogP contribution is -2.54. The van der Waals surface area contributed by atoms with E-state index in [4.69, 9.17) is 9.47 Å². The number of ether oxygens (including phenoxy) is 2. The summed E-state index contributed by atoms with van der Waals surface area (Å²) < 4.78 is 11.2. The first-order valence-corrected chi connectivity index (χ1v) is 8.93. The van der Waals surface area contributed by atoms with Crippen LogP contribution in [0.3, 0.4) is 0 Å². The average Bonchev–Trinajstić information content (AvgIpc) is 3.00. The van der Waals surface area contributed by atoms with E-state index in [1.807, 2.05) is 19.1 Å². The topological polar surface area (TPSA) is 34.1 Å². The van der Waals surface area contributed by atoms with Gasteiger partial charge < -0.3 is 14.5 Å². The van der Waals surface area contributed by atoms with Crippen LogP contribution in [0.15, 0.2) is 5.10 Å². The molecule has 1 aliphatic heterocycles. The van der Waals surface area contributed by atoms with Gasteiger partial charge in [-0.15, -0.1) is 0 Å². The third kappa shape index (κ3) is 3.18. The van der Waals surface area contributed by atoms with Gasteiger partial charge in [0.25, 0.3) is 0 Å². The second kappa shape index (κ2) is 6.48. The van der Waals surface area contributed by atoms with Crippen LogP contribution in [0.5, 0.6) is 0 Å². The van der Waals surface area contributed by atoms with Crippen LogP contribution in [-0.4, -0.2) is 44.8 Å². The van der Waals surface area contributed by atoms with Crippen molar-refractivity contribution in [2.75, 3.05) is 27.3 Å². The van der Waals surface area contributed by atoms with Crippen LogP contribution < -0.4 is 0 Å². The van der Waals surface area contributed by atoms with E-state index in [-0.39, 0.29) is 6.29 Å². The highest BCUT2D eigenvalue weighted by molar-refractivity contribution is 5.61. The van der Waals surface area contributed by atoms with Gasteiger partial charge in [0.1, 0.15) is 0 Å². The summed E-state index contributed by atoms with van der Waals surface area (Å²) in [7, 11) is 4.00. The number of hydrazone groups is 1. The van der Waals surface area contributed by atoms with Crippen molar-refractivity contribution < 1.29 is 9.47 Å². The lowest BCUT2D eigenvalue weighted by molar-refractivity contribution is -0.117. The van der Waals surface area contributed by atoms with Crippen LogP contribution in [0, 0.1) is 29.1 Å². The molecule has 0 radical (unpaired) electrons. The molecule has 22 heavy (non-hydrogen) atoms. The number of hydrogen-bond acceptors (Lipinski definition) is 4. The molecule has 0 N–H and O–H groups in total. The molecule has 126 valence electrons. The van der Waals surface area contributed by atoms with E-state index in [9.17, 15) is 0 Å². The first-order chi connectivity index (χ1) is 10.5. The molecular formula is C18H32N2O2. The Hall–Kier alpha value is -0.610. The quantitative estimate of drug-likeness (QED) is 0.557. The van der Waals surface area contributed by atoms with Crippen LogP contribution in [0.1, 0.15) is 46.0 Å². The highest BCUT2D eigenvalue weighted by Gasteiger charge is 2.55. The minimum absolute atomic E-state index is 0.0148. The van der Waals surface area contributed by atoms with Gasteiger partial charge in [0.2, 0.25) is 0 Å². The van der Waals surface area contributed by atoms with Gasteiger partial charge in [0.05, 0.1) is 13.2 Å². The third-order valence-electron chi connectivity index (χ3n) is 6.38. The van der Waals surface area contributed by atoms with Gasteiger partial charge in [0, 0.05) is 20.3 Å². The molecule has 4 unspecified atom stereocenters. The molecule has 0 amide bonds. The van der Waals surface area contributed by atoms with E-state index < -0.39 is 0 Å². The van der Waals surface area contributed by atoms with E-state index in [0.717, 1.165) is 43.8 Å². The van der Waals surface area contributed by atoms with E-state index in [1.54, 1.807) is 0 Å². The van der Waals surface area contributed by atoms with E-state index in [2.05, 4.69) is 25.2 Å². The Balaban J connectivity index is 1.64. The lowest BCUT2D eigenvalue weighted by atomic mass is 9.44. The predicted octanol–water partition coefficient (Wildman–Crippen LogP) is 3.38. The number of hydrogen-bond donors (Lipinski definition) is 0. The van der Waals surface area contributed by atoms with Crippen molar-refractivity contribution in [3.8, 4) is 0 Å². The predicted molar refractivity (Wildman–Crippen MR) is 88.7 cm³/mol. The normalized spacial score (nSPS) is 35.5. The zero-order valence-electron chi connectivity index (χ0n) is 14.6. The number of fused-ring (bicyclic) bond motifs is 2. The minimum atomic E-state index is 0.0148. The Labute approximate surface area is 135 Å². The summed E-state index contributed by atoms with van der Waals surface area (Å²) in [6, 6.07) is 0. The van der Waals surface area contributed by atoms with Crippen LogP contribution in [0.25, 0.3) is 0 Å². The largest absolute Gasteiger partial charge is 0.350 e. The summed E-state index contributed by atoms with van der Waals surface area (Å²) in [4.78, 5) is 0. The summed E-state index contributed by atoms with van der Waals surface area (Å²) in [5.74, 6) is 3.17. The molecule has 4 atom stereocenters. The zero-order valence-corrected chi connectivity index (χ0v) is 14.6. The molecule has 0 aromatic rings. The van der Waals surface area contributed by atoms with Crippen molar-refractivity contribution in [1.82, 2.24) is 5.01 Å². The van der Waals surface area contributed by atoms with Crippen molar-refractivity contribution in [3.05, 3.63) is 0 Å². The Morgan fingerprint density at radius 1 is 1.23 bits per heavy atom. The molecule has 0 aromatic heterocycles. The van der Waals surface area contributed by atoms with Crippen molar-refractivity contribution in [3.63, 3.8) is 0 Å². The molecule has 2 bridgehead atoms. The molecule has 3 saturated carbocycles. The fourth-order valence-corrected chi connectivity index (χ4v) is 4.90. The van der Waals surface area contributed by atoms with Crippen LogP contribution in [-0.2, 0) is 9.47 Å². The fourth-order valence-electron chi connectivity index (χ4n) is 4.90. The Bertz CT molecular complexity index is 400. The maximum atomic E-state index is 5.62. The average molecular weight is 308 g/mol. The van der Waals surface area contributed by atoms with Crippen LogP contribution in [0.4, 0.5) is 0 Å². The number of nitrogens with zero attached hydrogens (tertiary/aromatic N) is 2. The Morgan fingerprint density at radius 3 is 2.55 bits per heavy atom. The van der Waals surface area contributed by atoms with Crippen LogP contribution in [0.2, 0.25) is 0 Å². The summed E-state index contributed by atoms with van der Waals surface area (Å²) in [6.07, 6.45) is 8.54. The van der Waals surface area contributed by atoms with E-state index in [1.165, 1.54) is 19.3 Å². The summed E-state index contributed by atoms with van der Waals surface area (Å²) in [5, 5.41) is 6.48. The maximum absolute atomic E-state index is 5.62. The molecule has 0 spiro atoms. The Morgan fingerprint density at radius 2 is 1.95 bits per heavy atom. The van der Waals surface area contributed by atoms with Gasteiger partial charge in [-0.2, -0.15) is 5.10 Å².